The van der Waals surface area contributed by atoms with Crippen molar-refractivity contribution in [2.24, 2.45) is 0 Å². The molecule has 8 heteroatoms. The van der Waals surface area contributed by atoms with E-state index in [1.807, 2.05) is 4.90 Å². The molecule has 0 aliphatic carbocycles. The number of hydrogen-bond donors (Lipinski definition) is 1. The van der Waals surface area contributed by atoms with Gasteiger partial charge in [-0.2, -0.15) is 0 Å². The second kappa shape index (κ2) is 6.26. The first-order valence-electron chi connectivity index (χ1n) is 8.71. The number of carbonyl (C=O) groups excluding carboxylic acids is 1. The molecular formula is C17H23N3O4S. The van der Waals surface area contributed by atoms with Crippen LogP contribution in [0, 0.1) is 0 Å². The molecule has 0 radical (unpaired) electrons. The van der Waals surface area contributed by atoms with Crippen LogP contribution in [0.15, 0.2) is 29.2 Å². The summed E-state index contributed by atoms with van der Waals surface area (Å²) in [4.78, 5) is 15.9. The molecule has 136 valence electrons. The molecule has 0 unspecified atom stereocenters. The van der Waals surface area contributed by atoms with Gasteiger partial charge in [-0.05, 0) is 25.0 Å². The van der Waals surface area contributed by atoms with E-state index >= 15 is 0 Å². The van der Waals surface area contributed by atoms with Crippen LogP contribution < -0.4 is 9.46 Å². The number of benzene rings is 1. The SMILES string of the molecule is CC(=O)N1CCC(N2C[C@@H]3Oc4ccccc4S(=O)(=O)N[C@@H]3C2)CC1. The van der Waals surface area contributed by atoms with Gasteiger partial charge in [0.2, 0.25) is 15.9 Å². The largest absolute Gasteiger partial charge is 0.486 e. The number of para-hydroxylation sites is 1. The summed E-state index contributed by atoms with van der Waals surface area (Å²) in [7, 11) is -3.56. The molecule has 2 fully saturated rings. The van der Waals surface area contributed by atoms with Gasteiger partial charge in [-0.25, -0.2) is 13.1 Å². The lowest BCUT2D eigenvalue weighted by Crippen LogP contribution is -2.46. The number of hydrogen-bond acceptors (Lipinski definition) is 5. The molecule has 1 aromatic carbocycles. The standard InChI is InChI=1S/C17H23N3O4S/c1-12(21)19-8-6-13(7-9-19)20-10-14-16(11-20)24-15-4-2-3-5-17(15)25(22,23)18-14/h2-5,13-14,16,18H,6-11H2,1H3/t14-,16+/m1/s1. The molecule has 1 N–H and O–H groups in total. The lowest BCUT2D eigenvalue weighted by atomic mass is 10.0. The minimum atomic E-state index is -3.56. The van der Waals surface area contributed by atoms with Gasteiger partial charge in [-0.1, -0.05) is 12.1 Å². The molecule has 1 amide bonds. The second-order valence-electron chi connectivity index (χ2n) is 7.02. The topological polar surface area (TPSA) is 79.0 Å². The van der Waals surface area contributed by atoms with Crippen LogP contribution in [0.2, 0.25) is 0 Å². The highest BCUT2D eigenvalue weighted by Crippen LogP contribution is 2.32. The third-order valence-electron chi connectivity index (χ3n) is 5.44. The van der Waals surface area contributed by atoms with Crippen molar-refractivity contribution in [2.75, 3.05) is 26.2 Å². The van der Waals surface area contributed by atoms with Crippen LogP contribution >= 0.6 is 0 Å². The number of nitrogens with one attached hydrogen (secondary N) is 1. The lowest BCUT2D eigenvalue weighted by molar-refractivity contribution is -0.130. The van der Waals surface area contributed by atoms with Crippen LogP contribution in [0.25, 0.3) is 0 Å². The van der Waals surface area contributed by atoms with Crippen molar-refractivity contribution in [3.05, 3.63) is 24.3 Å². The Labute approximate surface area is 148 Å². The van der Waals surface area contributed by atoms with E-state index in [0.29, 0.717) is 24.9 Å². The first-order chi connectivity index (χ1) is 11.9. The van der Waals surface area contributed by atoms with Crippen LogP contribution in [0.3, 0.4) is 0 Å². The van der Waals surface area contributed by atoms with Gasteiger partial charge in [0.15, 0.2) is 0 Å². The molecule has 1 aromatic rings. The van der Waals surface area contributed by atoms with Gasteiger partial charge in [0.1, 0.15) is 16.7 Å². The maximum Gasteiger partial charge on any atom is 0.244 e. The molecule has 2 atom stereocenters. The Hall–Kier alpha value is -1.64. The number of fused-ring (bicyclic) bond motifs is 2. The van der Waals surface area contributed by atoms with E-state index in [1.165, 1.54) is 0 Å². The quantitative estimate of drug-likeness (QED) is 0.780. The van der Waals surface area contributed by atoms with E-state index in [4.69, 9.17) is 4.74 Å². The molecule has 0 spiro atoms. The molecule has 0 aromatic heterocycles. The monoisotopic (exact) mass is 365 g/mol. The second-order valence-corrected chi connectivity index (χ2v) is 8.70. The summed E-state index contributed by atoms with van der Waals surface area (Å²) in [5.74, 6) is 0.550. The predicted molar refractivity (Wildman–Crippen MR) is 91.8 cm³/mol. The Morgan fingerprint density at radius 1 is 1.20 bits per heavy atom. The summed E-state index contributed by atoms with van der Waals surface area (Å²) in [6, 6.07) is 6.91. The van der Waals surface area contributed by atoms with E-state index in [1.54, 1.807) is 31.2 Å². The molecule has 2 saturated heterocycles. The van der Waals surface area contributed by atoms with Gasteiger partial charge >= 0.3 is 0 Å². The molecule has 4 rings (SSSR count). The van der Waals surface area contributed by atoms with Crippen molar-refractivity contribution in [3.63, 3.8) is 0 Å². The van der Waals surface area contributed by atoms with Gasteiger partial charge in [-0.15, -0.1) is 0 Å². The van der Waals surface area contributed by atoms with Gasteiger partial charge in [0.25, 0.3) is 0 Å². The summed E-state index contributed by atoms with van der Waals surface area (Å²) in [5.41, 5.74) is 0. The number of sulfonamides is 1. The normalized spacial score (nSPS) is 29.4. The number of amides is 1. The van der Waals surface area contributed by atoms with Gasteiger partial charge in [0, 0.05) is 39.1 Å². The van der Waals surface area contributed by atoms with Gasteiger partial charge < -0.3 is 9.64 Å². The molecular weight excluding hydrogens is 342 g/mol. The Morgan fingerprint density at radius 2 is 1.92 bits per heavy atom. The average Bonchev–Trinajstić information content (AvgIpc) is 2.92. The number of nitrogens with zero attached hydrogens (tertiary/aromatic N) is 2. The smallest absolute Gasteiger partial charge is 0.244 e. The number of piperidine rings is 1. The number of ether oxygens (including phenoxy) is 1. The minimum Gasteiger partial charge on any atom is -0.486 e. The van der Waals surface area contributed by atoms with Crippen molar-refractivity contribution in [1.29, 1.82) is 0 Å². The third kappa shape index (κ3) is 3.14. The highest BCUT2D eigenvalue weighted by atomic mass is 32.2. The molecule has 0 bridgehead atoms. The Morgan fingerprint density at radius 3 is 2.64 bits per heavy atom. The summed E-state index contributed by atoms with van der Waals surface area (Å²) in [6.07, 6.45) is 1.65. The van der Waals surface area contributed by atoms with Crippen LogP contribution in [-0.4, -0.2) is 68.5 Å². The highest BCUT2D eigenvalue weighted by molar-refractivity contribution is 7.89. The first kappa shape index (κ1) is 16.8. The molecule has 3 aliphatic heterocycles. The fourth-order valence-electron chi connectivity index (χ4n) is 4.08. The molecule has 25 heavy (non-hydrogen) atoms. The lowest BCUT2D eigenvalue weighted by Gasteiger charge is -2.36. The van der Waals surface area contributed by atoms with Crippen molar-refractivity contribution < 1.29 is 17.9 Å². The summed E-state index contributed by atoms with van der Waals surface area (Å²) < 4.78 is 34.0. The van der Waals surface area contributed by atoms with Gasteiger partial charge in [-0.3, -0.25) is 9.69 Å². The van der Waals surface area contributed by atoms with E-state index in [9.17, 15) is 13.2 Å². The van der Waals surface area contributed by atoms with Crippen LogP contribution in [0.4, 0.5) is 0 Å². The summed E-state index contributed by atoms with van der Waals surface area (Å²) in [6.45, 7) is 4.48. The van der Waals surface area contributed by atoms with Crippen molar-refractivity contribution in [2.45, 2.75) is 42.8 Å². The molecule has 3 aliphatic rings. The zero-order chi connectivity index (χ0) is 17.6. The minimum absolute atomic E-state index is 0.123. The zero-order valence-electron chi connectivity index (χ0n) is 14.2. The van der Waals surface area contributed by atoms with Crippen LogP contribution in [0.1, 0.15) is 19.8 Å². The van der Waals surface area contributed by atoms with Crippen molar-refractivity contribution in [3.8, 4) is 5.75 Å². The maximum atomic E-state index is 12.6. The summed E-state index contributed by atoms with van der Waals surface area (Å²) >= 11 is 0. The molecule has 0 saturated carbocycles. The van der Waals surface area contributed by atoms with Crippen molar-refractivity contribution >= 4 is 15.9 Å². The predicted octanol–water partition coefficient (Wildman–Crippen LogP) is 0.421. The molecule has 3 heterocycles. The van der Waals surface area contributed by atoms with Gasteiger partial charge in [0.05, 0.1) is 6.04 Å². The first-order valence-corrected chi connectivity index (χ1v) is 10.2. The maximum absolute atomic E-state index is 12.6. The van der Waals surface area contributed by atoms with E-state index < -0.39 is 10.0 Å². The summed E-state index contributed by atoms with van der Waals surface area (Å²) in [5, 5.41) is 0. The van der Waals surface area contributed by atoms with Crippen molar-refractivity contribution in [1.82, 2.24) is 14.5 Å². The van der Waals surface area contributed by atoms with E-state index in [-0.39, 0.29) is 22.9 Å². The Bertz CT molecular complexity index is 774. The number of rotatable bonds is 1. The average molecular weight is 365 g/mol. The Kier molecular flexibility index (Phi) is 4.21. The zero-order valence-corrected chi connectivity index (χ0v) is 15.0. The number of carbonyl (C=O) groups is 1. The van der Waals surface area contributed by atoms with Crippen LogP contribution in [-0.2, 0) is 14.8 Å². The van der Waals surface area contributed by atoms with E-state index in [0.717, 1.165) is 25.9 Å². The fourth-order valence-corrected chi connectivity index (χ4v) is 5.47. The van der Waals surface area contributed by atoms with Crippen LogP contribution in [0.5, 0.6) is 5.75 Å². The highest BCUT2D eigenvalue weighted by Gasteiger charge is 2.43. The fraction of sp³-hybridized carbons (Fsp3) is 0.588. The third-order valence-corrected chi connectivity index (χ3v) is 6.97. The number of likely N-dealkylation sites (tertiary alicyclic amines) is 2. The van der Waals surface area contributed by atoms with E-state index in [2.05, 4.69) is 9.62 Å². The molecule has 7 nitrogen and oxygen atoms in total. The Balaban J connectivity index is 1.49.